The van der Waals surface area contributed by atoms with Gasteiger partial charge >= 0.3 is 0 Å². The Hall–Kier alpha value is -16.8. The molecule has 0 bridgehead atoms. The van der Waals surface area contributed by atoms with Crippen molar-refractivity contribution in [2.75, 3.05) is 0 Å². The fourth-order valence-corrected chi connectivity index (χ4v) is 18.8. The van der Waals surface area contributed by atoms with Gasteiger partial charge in [-0.25, -0.2) is 29.9 Å². The zero-order valence-corrected chi connectivity index (χ0v) is 69.7. The van der Waals surface area contributed by atoms with Crippen LogP contribution >= 0.6 is 0 Å². The highest BCUT2D eigenvalue weighted by Gasteiger charge is 2.37. The minimum absolute atomic E-state index is 0.285. The van der Waals surface area contributed by atoms with Crippen LogP contribution in [0.3, 0.4) is 0 Å². The van der Waals surface area contributed by atoms with Crippen LogP contribution in [0.25, 0.3) is 212 Å². The van der Waals surface area contributed by atoms with Crippen LogP contribution in [0.4, 0.5) is 0 Å². The van der Waals surface area contributed by atoms with Crippen molar-refractivity contribution in [3.63, 3.8) is 0 Å². The number of benzene rings is 17. The molecule has 0 saturated heterocycles. The van der Waals surface area contributed by atoms with E-state index in [1.165, 1.54) is 104 Å². The van der Waals surface area contributed by atoms with E-state index in [-0.39, 0.29) is 5.41 Å². The van der Waals surface area contributed by atoms with Crippen molar-refractivity contribution in [2.45, 2.75) is 19.3 Å². The zero-order valence-electron chi connectivity index (χ0n) is 69.7. The first-order valence-corrected chi connectivity index (χ1v) is 43.1. The average Bonchev–Trinajstić information content (AvgIpc) is 1.58. The van der Waals surface area contributed by atoms with Crippen molar-refractivity contribution in [3.05, 3.63) is 460 Å². The predicted octanol–water partition coefficient (Wildman–Crippen LogP) is 29.4. The lowest BCUT2D eigenvalue weighted by Crippen LogP contribution is -2.15. The van der Waals surface area contributed by atoms with Crippen LogP contribution in [0.5, 0.6) is 0 Å². The third kappa shape index (κ3) is 13.6. The van der Waals surface area contributed by atoms with E-state index in [0.29, 0.717) is 34.9 Å². The molecule has 6 heterocycles. The smallest absolute Gasteiger partial charge is 0.164 e. The van der Waals surface area contributed by atoms with Gasteiger partial charge in [0.1, 0.15) is 0 Å². The molecular weight excluding hydrogens is 1550 g/mol. The molecule has 0 fully saturated rings. The van der Waals surface area contributed by atoms with Gasteiger partial charge < -0.3 is 18.3 Å². The first-order chi connectivity index (χ1) is 62.7. The van der Waals surface area contributed by atoms with Crippen LogP contribution < -0.4 is 0 Å². The van der Waals surface area contributed by atoms with Gasteiger partial charge in [-0.3, -0.25) is 0 Å². The summed E-state index contributed by atoms with van der Waals surface area (Å²) >= 11 is 0. The summed E-state index contributed by atoms with van der Waals surface area (Å²) in [4.78, 5) is 30.1. The van der Waals surface area contributed by atoms with Crippen molar-refractivity contribution in [1.29, 1.82) is 0 Å². The summed E-state index contributed by atoms with van der Waals surface area (Å²) in [6.07, 6.45) is 2.18. The van der Waals surface area contributed by atoms with Gasteiger partial charge in [0.05, 0.1) is 38.6 Å². The molecule has 127 heavy (non-hydrogen) atoms. The van der Waals surface area contributed by atoms with E-state index in [0.717, 1.165) is 83.6 Å². The number of hydrogen-bond acceptors (Lipinski definition) is 6. The van der Waals surface area contributed by atoms with Crippen molar-refractivity contribution in [3.8, 4) is 136 Å². The summed E-state index contributed by atoms with van der Waals surface area (Å²) in [7, 11) is 0. The fourth-order valence-electron chi connectivity index (χ4n) is 18.8. The fraction of sp³-hybridized carbons (Fsp3) is 0.0256. The Labute approximate surface area is 734 Å². The molecule has 10 heteroatoms. The lowest BCUT2D eigenvalue weighted by atomic mass is 9.81. The zero-order chi connectivity index (χ0) is 84.5. The molecule has 0 radical (unpaired) electrons. The molecule has 0 amide bonds. The summed E-state index contributed by atoms with van der Waals surface area (Å²) in [5, 5.41) is 8.54. The van der Waals surface area contributed by atoms with Crippen LogP contribution in [0.2, 0.25) is 0 Å². The minimum atomic E-state index is -0.285. The third-order valence-electron chi connectivity index (χ3n) is 25.0. The number of nitrogens with zero attached hydrogens (tertiary/aromatic N) is 10. The van der Waals surface area contributed by atoms with Gasteiger partial charge in [-0.05, 0) is 201 Å². The van der Waals surface area contributed by atoms with Gasteiger partial charge in [-0.15, -0.1) is 0 Å². The lowest BCUT2D eigenvalue weighted by molar-refractivity contribution is 0.660. The van der Waals surface area contributed by atoms with Crippen molar-refractivity contribution >= 4 is 76.3 Å². The van der Waals surface area contributed by atoms with E-state index >= 15 is 0 Å². The molecule has 24 rings (SSSR count). The first-order valence-electron chi connectivity index (χ1n) is 43.1. The molecule has 0 aliphatic heterocycles. The monoisotopic (exact) mass is 1620 g/mol. The Kier molecular flexibility index (Phi) is 18.7. The van der Waals surface area contributed by atoms with Crippen molar-refractivity contribution < 1.29 is 0 Å². The highest BCUT2D eigenvalue weighted by molar-refractivity contribution is 6.14. The maximum Gasteiger partial charge on any atom is 0.164 e. The summed E-state index contributed by atoms with van der Waals surface area (Å²) in [6, 6.07) is 157. The molecule has 10 nitrogen and oxygen atoms in total. The maximum atomic E-state index is 5.06. The van der Waals surface area contributed by atoms with Crippen LogP contribution in [-0.2, 0) is 5.41 Å². The predicted molar refractivity (Wildman–Crippen MR) is 524 cm³/mol. The highest BCUT2D eigenvalue weighted by atomic mass is 15.1. The van der Waals surface area contributed by atoms with Gasteiger partial charge in [-0.1, -0.05) is 317 Å². The average molecular weight is 1630 g/mol. The number of hydrogen-bond donors (Lipinski definition) is 0. The van der Waals surface area contributed by atoms with Gasteiger partial charge in [0, 0.05) is 100 Å². The van der Waals surface area contributed by atoms with E-state index in [1.54, 1.807) is 0 Å². The summed E-state index contributed by atoms with van der Waals surface area (Å²) in [5.41, 5.74) is 30.2. The quantitative estimate of drug-likeness (QED) is 0.114. The summed E-state index contributed by atoms with van der Waals surface area (Å²) in [5.74, 6) is 3.88. The van der Waals surface area contributed by atoms with Crippen LogP contribution in [-0.4, -0.2) is 48.2 Å². The third-order valence-corrected chi connectivity index (χ3v) is 25.0. The SMILES string of the molecule is CC1(C)c2cc(-c3nc(-c4ccccc4)nc(-c4ccccc4)n3)ccc2-c2ccc(-n3ccccccc4cc(-c5ccc6c(c5)c5ccccc5n6-c5ccccc5)ccc43)cc21.c1ccc(-c2ccc(-c3nc(-c4ccccc4)nc(-c4ccc(-n5c6ccccc6c6cc(-c7ccc8c(c7)c7ccccc7n8-c7ccccc7)ccc65)cc4)n3)cc2)cc1. The Morgan fingerprint density at radius 1 is 0.181 bits per heavy atom. The summed E-state index contributed by atoms with van der Waals surface area (Å²) in [6.45, 7) is 4.66. The number of aromatic nitrogens is 10. The van der Waals surface area contributed by atoms with E-state index in [2.05, 4.69) is 384 Å². The second kappa shape index (κ2) is 31.6. The molecule has 23 aromatic rings. The highest BCUT2D eigenvalue weighted by Crippen LogP contribution is 2.51. The second-order valence-corrected chi connectivity index (χ2v) is 33.0. The largest absolute Gasteiger partial charge is 0.317 e. The van der Waals surface area contributed by atoms with E-state index in [4.69, 9.17) is 29.9 Å². The molecule has 6 aromatic heterocycles. The Morgan fingerprint density at radius 2 is 0.457 bits per heavy atom. The molecule has 1 aliphatic carbocycles. The van der Waals surface area contributed by atoms with Crippen molar-refractivity contribution in [2.24, 2.45) is 0 Å². The van der Waals surface area contributed by atoms with E-state index in [1.807, 2.05) is 97.1 Å². The van der Waals surface area contributed by atoms with Gasteiger partial charge in [0.15, 0.2) is 34.9 Å². The molecular formula is C117H80N10. The van der Waals surface area contributed by atoms with Crippen LogP contribution in [0.15, 0.2) is 449 Å². The Balaban J connectivity index is 0.000000146. The van der Waals surface area contributed by atoms with Crippen LogP contribution in [0, 0.1) is 0 Å². The molecule has 0 unspecified atom stereocenters. The molecule has 1 aliphatic rings. The molecule has 0 saturated carbocycles. The van der Waals surface area contributed by atoms with E-state index in [9.17, 15) is 0 Å². The lowest BCUT2D eigenvalue weighted by Gasteiger charge is -2.23. The van der Waals surface area contributed by atoms with Gasteiger partial charge in [-0.2, -0.15) is 0 Å². The van der Waals surface area contributed by atoms with Crippen molar-refractivity contribution in [1.82, 2.24) is 48.2 Å². The number of fused-ring (bicyclic) bond motifs is 13. The van der Waals surface area contributed by atoms with Gasteiger partial charge in [0.2, 0.25) is 0 Å². The first kappa shape index (κ1) is 75.2. The molecule has 0 spiro atoms. The molecule has 17 aromatic carbocycles. The second-order valence-electron chi connectivity index (χ2n) is 33.0. The number of rotatable bonds is 13. The van der Waals surface area contributed by atoms with Gasteiger partial charge in [0.25, 0.3) is 0 Å². The molecule has 598 valence electrons. The Bertz CT molecular complexity index is 8180. The maximum absolute atomic E-state index is 5.06. The summed E-state index contributed by atoms with van der Waals surface area (Å²) < 4.78 is 9.41. The standard InChI is InChI=1S/C60H43N5.C57H37N5/c1-60(2)52-38-45(59-62-57(40-18-9-5-10-19-40)61-58(63-59)41-20-11-6-12-21-41)27-31-48(52)49-32-30-47(39-53(49)60)64-35-17-4-3-8-22-44-36-42(28-33-54(44)64)43-29-34-56-51(37-43)50-25-15-16-26-55(50)65(56)46-23-13-7-14-24-46;1-4-14-38(15-5-1)39-24-26-41(27-25-39)56-58-55(40-16-6-2-7-17-40)59-57(60-56)42-28-32-46(33-29-42)62-52-23-13-11-21-48(52)50-37-44(31-35-54(50)62)43-30-34-53-49(36-43)47-20-10-12-22-51(47)61(53)45-18-8-3-9-19-45/h3-39H,1-2H3;1-37H. The normalized spacial score (nSPS) is 12.1. The van der Waals surface area contributed by atoms with E-state index < -0.39 is 0 Å². The van der Waals surface area contributed by atoms with Crippen LogP contribution in [0.1, 0.15) is 25.0 Å². The Morgan fingerprint density at radius 3 is 0.898 bits per heavy atom. The molecule has 0 N–H and O–H groups in total. The molecule has 0 atom stereocenters. The minimum Gasteiger partial charge on any atom is -0.317 e. The topological polar surface area (TPSA) is 97.1 Å². The number of para-hydroxylation sites is 5.